The van der Waals surface area contributed by atoms with Gasteiger partial charge < -0.3 is 14.3 Å². The number of ether oxygens (including phenoxy) is 1. The zero-order chi connectivity index (χ0) is 13.1. The summed E-state index contributed by atoms with van der Waals surface area (Å²) in [6, 6.07) is 6.50. The monoisotopic (exact) mass is 264 g/mol. The molecule has 1 aromatic heterocycles. The van der Waals surface area contributed by atoms with Crippen LogP contribution in [0.4, 0.5) is 0 Å². The second-order valence-corrected chi connectivity index (χ2v) is 4.92. The Balaban J connectivity index is 2.60. The summed E-state index contributed by atoms with van der Waals surface area (Å²) in [4.78, 5) is 3.27. The Bertz CT molecular complexity index is 585. The molecule has 0 amide bonds. The van der Waals surface area contributed by atoms with E-state index in [1.165, 1.54) is 0 Å². The number of nitrogens with one attached hydrogen (secondary N) is 1. The third kappa shape index (κ3) is 2.29. The molecule has 4 heteroatoms. The lowest BCUT2D eigenvalue weighted by molar-refractivity contribution is 0.414. The number of imidazole rings is 1. The van der Waals surface area contributed by atoms with Crippen molar-refractivity contribution in [2.45, 2.75) is 39.2 Å². The van der Waals surface area contributed by atoms with Crippen molar-refractivity contribution in [2.75, 3.05) is 7.11 Å². The quantitative estimate of drug-likeness (QED) is 0.808. The van der Waals surface area contributed by atoms with Gasteiger partial charge in [0.25, 0.3) is 0 Å². The van der Waals surface area contributed by atoms with Gasteiger partial charge in [-0.05, 0) is 37.2 Å². The minimum Gasteiger partial charge on any atom is -0.497 e. The second kappa shape index (κ2) is 5.57. The maximum atomic E-state index is 5.46. The Kier molecular flexibility index (Phi) is 4.07. The van der Waals surface area contributed by atoms with Gasteiger partial charge in [-0.1, -0.05) is 20.3 Å². The molecule has 1 unspecified atom stereocenters. The summed E-state index contributed by atoms with van der Waals surface area (Å²) in [5.74, 6) is 0.872. The molecule has 18 heavy (non-hydrogen) atoms. The number of H-pyrrole nitrogens is 1. The van der Waals surface area contributed by atoms with Gasteiger partial charge in [0.05, 0.1) is 18.1 Å². The normalized spacial score (nSPS) is 12.8. The molecule has 1 N–H and O–H groups in total. The Hall–Kier alpha value is -1.29. The van der Waals surface area contributed by atoms with Crippen molar-refractivity contribution in [1.29, 1.82) is 0 Å². The van der Waals surface area contributed by atoms with Crippen molar-refractivity contribution >= 4 is 23.3 Å². The average Bonchev–Trinajstić information content (AvgIpc) is 2.71. The lowest BCUT2D eigenvalue weighted by atomic mass is 10.1. The molecule has 0 aliphatic carbocycles. The third-order valence-corrected chi connectivity index (χ3v) is 3.68. The minimum atomic E-state index is 0.461. The van der Waals surface area contributed by atoms with Gasteiger partial charge in [-0.15, -0.1) is 0 Å². The number of nitrogens with zero attached hydrogens (tertiary/aromatic N) is 1. The summed E-state index contributed by atoms with van der Waals surface area (Å²) in [5.41, 5.74) is 2.22. The van der Waals surface area contributed by atoms with Gasteiger partial charge in [-0.25, -0.2) is 0 Å². The fourth-order valence-electron chi connectivity index (χ4n) is 2.44. The van der Waals surface area contributed by atoms with Crippen molar-refractivity contribution < 1.29 is 4.74 Å². The summed E-state index contributed by atoms with van der Waals surface area (Å²) >= 11 is 5.46. The first-order chi connectivity index (χ1) is 8.71. The van der Waals surface area contributed by atoms with Crippen LogP contribution in [0.25, 0.3) is 11.0 Å². The Morgan fingerprint density at radius 2 is 2.17 bits per heavy atom. The van der Waals surface area contributed by atoms with Crippen LogP contribution in [-0.4, -0.2) is 16.7 Å². The lowest BCUT2D eigenvalue weighted by Gasteiger charge is -2.17. The van der Waals surface area contributed by atoms with Crippen LogP contribution in [0.3, 0.4) is 0 Å². The van der Waals surface area contributed by atoms with Gasteiger partial charge in [0.2, 0.25) is 0 Å². The van der Waals surface area contributed by atoms with E-state index in [4.69, 9.17) is 17.0 Å². The molecule has 0 aliphatic rings. The molecule has 0 aliphatic heterocycles. The van der Waals surface area contributed by atoms with Crippen LogP contribution >= 0.6 is 12.2 Å². The molecule has 0 radical (unpaired) electrons. The van der Waals surface area contributed by atoms with Crippen LogP contribution < -0.4 is 4.74 Å². The number of fused-ring (bicyclic) bond motifs is 1. The molecular formula is C14H20N2OS. The number of benzene rings is 1. The number of rotatable bonds is 5. The summed E-state index contributed by atoms with van der Waals surface area (Å²) in [5, 5.41) is 0. The van der Waals surface area contributed by atoms with E-state index in [9.17, 15) is 0 Å². The standard InChI is InChI=1S/C14H20N2OS/c1-4-6-10(5-2)16-13-9-11(17-3)7-8-12(13)15-14(16)18/h7-10H,4-6H2,1-3H3,(H,15,18). The fourth-order valence-corrected chi connectivity index (χ4v) is 2.80. The van der Waals surface area contributed by atoms with Crippen LogP contribution in [0.5, 0.6) is 5.75 Å². The summed E-state index contributed by atoms with van der Waals surface area (Å²) in [6.07, 6.45) is 3.40. The molecule has 3 nitrogen and oxygen atoms in total. The maximum absolute atomic E-state index is 5.46. The predicted octanol–water partition coefficient (Wildman–Crippen LogP) is 4.46. The number of hydrogen-bond donors (Lipinski definition) is 1. The van der Waals surface area contributed by atoms with E-state index < -0.39 is 0 Å². The first-order valence-electron chi connectivity index (χ1n) is 6.49. The summed E-state index contributed by atoms with van der Waals surface area (Å²) < 4.78 is 8.34. The van der Waals surface area contributed by atoms with Crippen LogP contribution in [0.15, 0.2) is 18.2 Å². The molecule has 1 heterocycles. The van der Waals surface area contributed by atoms with Crippen molar-refractivity contribution in [3.63, 3.8) is 0 Å². The molecule has 0 saturated carbocycles. The van der Waals surface area contributed by atoms with E-state index in [2.05, 4.69) is 29.5 Å². The van der Waals surface area contributed by atoms with Gasteiger partial charge in [0, 0.05) is 12.1 Å². The Morgan fingerprint density at radius 1 is 1.39 bits per heavy atom. The SMILES string of the molecule is CCCC(CC)n1c(=S)[nH]c2ccc(OC)cc21. The summed E-state index contributed by atoms with van der Waals surface area (Å²) in [7, 11) is 1.69. The van der Waals surface area contributed by atoms with Crippen molar-refractivity contribution in [1.82, 2.24) is 9.55 Å². The van der Waals surface area contributed by atoms with Crippen molar-refractivity contribution in [2.24, 2.45) is 0 Å². The number of methoxy groups -OCH3 is 1. The zero-order valence-electron chi connectivity index (χ0n) is 11.2. The highest BCUT2D eigenvalue weighted by Crippen LogP contribution is 2.27. The van der Waals surface area contributed by atoms with E-state index in [0.717, 1.165) is 40.8 Å². The topological polar surface area (TPSA) is 29.9 Å². The van der Waals surface area contributed by atoms with E-state index in [-0.39, 0.29) is 0 Å². The van der Waals surface area contributed by atoms with Crippen molar-refractivity contribution in [3.05, 3.63) is 23.0 Å². The second-order valence-electron chi connectivity index (χ2n) is 4.53. The first-order valence-corrected chi connectivity index (χ1v) is 6.90. The molecule has 1 aromatic carbocycles. The molecule has 0 spiro atoms. The van der Waals surface area contributed by atoms with Gasteiger partial charge >= 0.3 is 0 Å². The van der Waals surface area contributed by atoms with E-state index in [1.54, 1.807) is 7.11 Å². The van der Waals surface area contributed by atoms with Gasteiger partial charge in [0.15, 0.2) is 4.77 Å². The predicted molar refractivity (Wildman–Crippen MR) is 77.9 cm³/mol. The lowest BCUT2D eigenvalue weighted by Crippen LogP contribution is -2.07. The molecule has 98 valence electrons. The van der Waals surface area contributed by atoms with Crippen LogP contribution in [-0.2, 0) is 0 Å². The van der Waals surface area contributed by atoms with E-state index >= 15 is 0 Å². The fraction of sp³-hybridized carbons (Fsp3) is 0.500. The number of aromatic nitrogens is 2. The Labute approximate surface area is 113 Å². The maximum Gasteiger partial charge on any atom is 0.178 e. The third-order valence-electron chi connectivity index (χ3n) is 3.38. The van der Waals surface area contributed by atoms with E-state index in [0.29, 0.717) is 6.04 Å². The first kappa shape index (κ1) is 13.1. The molecular weight excluding hydrogens is 244 g/mol. The molecule has 0 fully saturated rings. The Morgan fingerprint density at radius 3 is 2.78 bits per heavy atom. The average molecular weight is 264 g/mol. The highest BCUT2D eigenvalue weighted by Gasteiger charge is 2.13. The van der Waals surface area contributed by atoms with E-state index in [1.807, 2.05) is 12.1 Å². The smallest absolute Gasteiger partial charge is 0.178 e. The highest BCUT2D eigenvalue weighted by atomic mass is 32.1. The molecule has 2 rings (SSSR count). The molecule has 0 bridgehead atoms. The van der Waals surface area contributed by atoms with Crippen LogP contribution in [0, 0.1) is 4.77 Å². The van der Waals surface area contributed by atoms with Gasteiger partial charge in [0.1, 0.15) is 5.75 Å². The van der Waals surface area contributed by atoms with Gasteiger partial charge in [-0.3, -0.25) is 0 Å². The molecule has 2 aromatic rings. The molecule has 0 saturated heterocycles. The van der Waals surface area contributed by atoms with Crippen molar-refractivity contribution in [3.8, 4) is 5.75 Å². The number of aromatic amines is 1. The van der Waals surface area contributed by atoms with Crippen LogP contribution in [0.1, 0.15) is 39.2 Å². The largest absolute Gasteiger partial charge is 0.497 e. The van der Waals surface area contributed by atoms with Crippen LogP contribution in [0.2, 0.25) is 0 Å². The molecule has 1 atom stereocenters. The number of hydrogen-bond acceptors (Lipinski definition) is 2. The minimum absolute atomic E-state index is 0.461. The highest BCUT2D eigenvalue weighted by molar-refractivity contribution is 7.71. The summed E-state index contributed by atoms with van der Waals surface area (Å²) in [6.45, 7) is 4.42. The zero-order valence-corrected chi connectivity index (χ0v) is 12.0. The van der Waals surface area contributed by atoms with Gasteiger partial charge in [-0.2, -0.15) is 0 Å².